The first kappa shape index (κ1) is 26.5. The van der Waals surface area contributed by atoms with Gasteiger partial charge in [-0.05, 0) is 30.0 Å². The summed E-state index contributed by atoms with van der Waals surface area (Å²) in [6.45, 7) is 3.13. The van der Waals surface area contributed by atoms with Crippen molar-refractivity contribution in [2.45, 2.75) is 37.3 Å². The van der Waals surface area contributed by atoms with Crippen molar-refractivity contribution in [3.8, 4) is 0 Å². The van der Waals surface area contributed by atoms with Crippen LogP contribution in [0.25, 0.3) is 0 Å². The van der Waals surface area contributed by atoms with Crippen LogP contribution in [0.3, 0.4) is 0 Å². The molecule has 0 bridgehead atoms. The Hall–Kier alpha value is -2.73. The van der Waals surface area contributed by atoms with E-state index in [4.69, 9.17) is 11.6 Å². The lowest BCUT2D eigenvalue weighted by molar-refractivity contribution is -0.384. The minimum Gasteiger partial charge on any atom is -0.465 e. The zero-order valence-electron chi connectivity index (χ0n) is 18.1. The average Bonchev–Trinajstić information content (AvgIpc) is 2.72. The Balaban J connectivity index is 2.37. The molecule has 0 heterocycles. The molecule has 1 amide bonds. The largest absolute Gasteiger partial charge is 0.465 e. The maximum atomic E-state index is 13.3. The summed E-state index contributed by atoms with van der Waals surface area (Å²) in [5.41, 5.74) is 0.194. The third-order valence-electron chi connectivity index (χ3n) is 4.78. The standard InChI is InChI=1S/C21H26ClN3O7S/c1-14(2)12-24(33(31,32)16-8-9-17(22)19(11-16)25(29)30)13-20(26)18(23-21(27)28)10-15-6-4-3-5-7-15/h3-9,11,14,18,20,23,26H,10,12-13H2,1-2H3,(H,27,28)/t18-,20+/m0/s1. The molecule has 2 atom stereocenters. The number of nitrogens with one attached hydrogen (secondary N) is 1. The highest BCUT2D eigenvalue weighted by atomic mass is 35.5. The van der Waals surface area contributed by atoms with Gasteiger partial charge in [0.15, 0.2) is 0 Å². The number of aliphatic hydroxyl groups excluding tert-OH is 1. The zero-order chi connectivity index (χ0) is 24.8. The molecule has 3 N–H and O–H groups in total. The van der Waals surface area contributed by atoms with Crippen molar-refractivity contribution >= 4 is 33.4 Å². The van der Waals surface area contributed by atoms with Crippen molar-refractivity contribution in [2.75, 3.05) is 13.1 Å². The molecule has 2 aromatic rings. The number of aliphatic hydroxyl groups is 1. The maximum Gasteiger partial charge on any atom is 0.404 e. The number of amides is 1. The van der Waals surface area contributed by atoms with Crippen molar-refractivity contribution in [3.63, 3.8) is 0 Å². The molecule has 0 saturated carbocycles. The molecule has 10 nitrogen and oxygen atoms in total. The van der Waals surface area contributed by atoms with Gasteiger partial charge in [0.2, 0.25) is 10.0 Å². The lowest BCUT2D eigenvalue weighted by atomic mass is 10.0. The second-order valence-electron chi connectivity index (χ2n) is 7.90. The molecule has 0 spiro atoms. The highest BCUT2D eigenvalue weighted by Crippen LogP contribution is 2.29. The summed E-state index contributed by atoms with van der Waals surface area (Å²) in [6.07, 6.45) is -2.62. The van der Waals surface area contributed by atoms with Crippen molar-refractivity contribution in [3.05, 3.63) is 69.2 Å². The van der Waals surface area contributed by atoms with Gasteiger partial charge in [-0.3, -0.25) is 10.1 Å². The van der Waals surface area contributed by atoms with E-state index in [0.29, 0.717) is 0 Å². The lowest BCUT2D eigenvalue weighted by Crippen LogP contribution is -2.50. The second-order valence-corrected chi connectivity index (χ2v) is 10.2. The number of hydrogen-bond donors (Lipinski definition) is 3. The van der Waals surface area contributed by atoms with E-state index < -0.39 is 45.4 Å². The Kier molecular flexibility index (Phi) is 9.17. The molecule has 33 heavy (non-hydrogen) atoms. The Morgan fingerprint density at radius 1 is 1.18 bits per heavy atom. The third-order valence-corrected chi connectivity index (χ3v) is 6.93. The molecule has 0 aliphatic heterocycles. The first-order chi connectivity index (χ1) is 15.4. The van der Waals surface area contributed by atoms with Gasteiger partial charge in [0.25, 0.3) is 5.69 Å². The fourth-order valence-electron chi connectivity index (χ4n) is 3.27. The molecule has 0 fully saturated rings. The molecule has 2 aromatic carbocycles. The molecule has 0 aliphatic carbocycles. The van der Waals surface area contributed by atoms with Gasteiger partial charge in [0.1, 0.15) is 5.02 Å². The number of nitro benzene ring substituents is 1. The van der Waals surface area contributed by atoms with Crippen molar-refractivity contribution in [1.29, 1.82) is 0 Å². The fourth-order valence-corrected chi connectivity index (χ4v) is 5.09. The molecule has 0 aromatic heterocycles. The molecule has 0 radical (unpaired) electrons. The summed E-state index contributed by atoms with van der Waals surface area (Å²) in [6, 6.07) is 11.0. The summed E-state index contributed by atoms with van der Waals surface area (Å²) in [5, 5.41) is 33.3. The van der Waals surface area contributed by atoms with Crippen molar-refractivity contribution in [1.82, 2.24) is 9.62 Å². The van der Waals surface area contributed by atoms with E-state index in [1.54, 1.807) is 44.2 Å². The molecule has 0 aliphatic rings. The average molecular weight is 500 g/mol. The highest BCUT2D eigenvalue weighted by molar-refractivity contribution is 7.89. The number of halogens is 1. The number of benzene rings is 2. The summed E-state index contributed by atoms with van der Waals surface area (Å²) in [5.74, 6) is -0.144. The molecule has 180 valence electrons. The second kappa shape index (κ2) is 11.4. The lowest BCUT2D eigenvalue weighted by Gasteiger charge is -2.30. The van der Waals surface area contributed by atoms with Gasteiger partial charge in [-0.1, -0.05) is 55.8 Å². The third kappa shape index (κ3) is 7.39. The minimum absolute atomic E-state index is 0.000938. The van der Waals surface area contributed by atoms with E-state index in [1.165, 1.54) is 0 Å². The number of nitro groups is 1. The quantitative estimate of drug-likeness (QED) is 0.317. The van der Waals surface area contributed by atoms with Crippen LogP contribution in [0.15, 0.2) is 53.4 Å². The molecular weight excluding hydrogens is 474 g/mol. The van der Waals surface area contributed by atoms with E-state index in [-0.39, 0.29) is 28.8 Å². The Morgan fingerprint density at radius 2 is 1.82 bits per heavy atom. The fraction of sp³-hybridized carbons (Fsp3) is 0.381. The van der Waals surface area contributed by atoms with Gasteiger partial charge in [-0.15, -0.1) is 0 Å². The molecule has 0 saturated heterocycles. The van der Waals surface area contributed by atoms with E-state index >= 15 is 0 Å². The van der Waals surface area contributed by atoms with Crippen molar-refractivity contribution < 1.29 is 28.3 Å². The number of carboxylic acid groups (broad SMARTS) is 1. The number of nitrogens with zero attached hydrogens (tertiary/aromatic N) is 2. The minimum atomic E-state index is -4.26. The Labute approximate surface area is 197 Å². The SMILES string of the molecule is CC(C)CN(C[C@@H](O)[C@H](Cc1ccccc1)NC(=O)O)S(=O)(=O)c1ccc(Cl)c([N+](=O)[O-])c1. The topological polar surface area (TPSA) is 150 Å². The van der Waals surface area contributed by atoms with Crippen LogP contribution in [0.4, 0.5) is 10.5 Å². The van der Waals surface area contributed by atoms with E-state index in [0.717, 1.165) is 28.1 Å². The smallest absolute Gasteiger partial charge is 0.404 e. The number of rotatable bonds is 11. The predicted molar refractivity (Wildman–Crippen MR) is 123 cm³/mol. The molecular formula is C21H26ClN3O7S. The van der Waals surface area contributed by atoms with Gasteiger partial charge >= 0.3 is 6.09 Å². The van der Waals surface area contributed by atoms with E-state index in [2.05, 4.69) is 5.32 Å². The monoisotopic (exact) mass is 499 g/mol. The van der Waals surface area contributed by atoms with Gasteiger partial charge in [0.05, 0.1) is 22.0 Å². The van der Waals surface area contributed by atoms with E-state index in [9.17, 15) is 33.5 Å². The summed E-state index contributed by atoms with van der Waals surface area (Å²) < 4.78 is 27.6. The molecule has 2 rings (SSSR count). The van der Waals surface area contributed by atoms with Crippen LogP contribution in [0.2, 0.25) is 5.02 Å². The van der Waals surface area contributed by atoms with Crippen LogP contribution >= 0.6 is 11.6 Å². The van der Waals surface area contributed by atoms with Crippen LogP contribution in [-0.2, 0) is 16.4 Å². The first-order valence-corrected chi connectivity index (χ1v) is 11.9. The highest BCUT2D eigenvalue weighted by Gasteiger charge is 2.32. The number of hydrogen-bond acceptors (Lipinski definition) is 6. The summed E-state index contributed by atoms with van der Waals surface area (Å²) in [7, 11) is -4.26. The van der Waals surface area contributed by atoms with Gasteiger partial charge in [0, 0.05) is 19.2 Å². The van der Waals surface area contributed by atoms with Crippen LogP contribution in [0.1, 0.15) is 19.4 Å². The predicted octanol–water partition coefficient (Wildman–Crippen LogP) is 3.13. The summed E-state index contributed by atoms with van der Waals surface area (Å²) >= 11 is 5.80. The first-order valence-electron chi connectivity index (χ1n) is 10.1. The van der Waals surface area contributed by atoms with Crippen LogP contribution in [0, 0.1) is 16.0 Å². The van der Waals surface area contributed by atoms with Crippen LogP contribution in [0.5, 0.6) is 0 Å². The number of carbonyl (C=O) groups is 1. The van der Waals surface area contributed by atoms with Crippen molar-refractivity contribution in [2.24, 2.45) is 5.92 Å². The Bertz CT molecular complexity index is 1080. The Morgan fingerprint density at radius 3 is 2.36 bits per heavy atom. The normalized spacial score (nSPS) is 13.6. The summed E-state index contributed by atoms with van der Waals surface area (Å²) in [4.78, 5) is 21.4. The van der Waals surface area contributed by atoms with Gasteiger partial charge in [-0.2, -0.15) is 4.31 Å². The van der Waals surface area contributed by atoms with Crippen LogP contribution < -0.4 is 5.32 Å². The number of sulfonamides is 1. The maximum absolute atomic E-state index is 13.3. The van der Waals surface area contributed by atoms with Gasteiger partial charge in [-0.25, -0.2) is 13.2 Å². The molecule has 12 heteroatoms. The van der Waals surface area contributed by atoms with E-state index in [1.807, 2.05) is 0 Å². The van der Waals surface area contributed by atoms with Gasteiger partial charge < -0.3 is 15.5 Å². The molecule has 0 unspecified atom stereocenters. The zero-order valence-corrected chi connectivity index (χ0v) is 19.7. The van der Waals surface area contributed by atoms with Crippen LogP contribution in [-0.4, -0.2) is 59.2 Å².